The number of halogens is 1. The predicted molar refractivity (Wildman–Crippen MR) is 45.1 cm³/mol. The molecule has 0 aromatic carbocycles. The average Bonchev–Trinajstić information content (AvgIpc) is 2.15. The van der Waals surface area contributed by atoms with Gasteiger partial charge in [0.05, 0.1) is 6.20 Å². The molecule has 1 heterocycles. The summed E-state index contributed by atoms with van der Waals surface area (Å²) < 4.78 is 16.8. The molecule has 0 aliphatic rings. The monoisotopic (exact) mass is 169 g/mol. The molecule has 1 aromatic heterocycles. The molecule has 2 nitrogen and oxygen atoms in total. The van der Waals surface area contributed by atoms with Crippen LogP contribution < -0.4 is 4.74 Å². The summed E-state index contributed by atoms with van der Waals surface area (Å²) in [4.78, 5) is 3.96. The summed E-state index contributed by atoms with van der Waals surface area (Å²) in [6, 6.07) is 1.88. The molecule has 0 aliphatic heterocycles. The van der Waals surface area contributed by atoms with Crippen molar-refractivity contribution in [2.75, 3.05) is 13.3 Å². The molecule has 0 radical (unpaired) electrons. The number of aryl methyl sites for hydroxylation is 1. The molecule has 0 fully saturated rings. The highest BCUT2D eigenvalue weighted by molar-refractivity contribution is 5.23. The van der Waals surface area contributed by atoms with Crippen LogP contribution in [0.25, 0.3) is 0 Å². The van der Waals surface area contributed by atoms with E-state index >= 15 is 0 Å². The molecule has 66 valence electrons. The first-order valence-corrected chi connectivity index (χ1v) is 3.99. The van der Waals surface area contributed by atoms with E-state index in [4.69, 9.17) is 4.74 Å². The number of hydrogen-bond acceptors (Lipinski definition) is 2. The van der Waals surface area contributed by atoms with Crippen LogP contribution in [0.4, 0.5) is 4.39 Å². The Kier molecular flexibility index (Phi) is 3.51. The lowest BCUT2D eigenvalue weighted by Gasteiger charge is -2.03. The second-order valence-electron chi connectivity index (χ2n) is 2.42. The van der Waals surface area contributed by atoms with Gasteiger partial charge in [-0.3, -0.25) is 4.98 Å². The SMILES string of the molecule is CCc1cncc(OCCF)c1. The molecular formula is C9H12FNO. The van der Waals surface area contributed by atoms with E-state index < -0.39 is 6.67 Å². The van der Waals surface area contributed by atoms with Gasteiger partial charge in [-0.1, -0.05) is 6.92 Å². The Hall–Kier alpha value is -1.12. The maximum atomic E-state index is 11.7. The number of hydrogen-bond donors (Lipinski definition) is 0. The van der Waals surface area contributed by atoms with E-state index in [9.17, 15) is 4.39 Å². The third kappa shape index (κ3) is 2.49. The minimum absolute atomic E-state index is 0.106. The molecule has 0 spiro atoms. The lowest BCUT2D eigenvalue weighted by molar-refractivity contribution is 0.272. The van der Waals surface area contributed by atoms with Crippen LogP contribution in [-0.4, -0.2) is 18.3 Å². The first kappa shape index (κ1) is 8.97. The standard InChI is InChI=1S/C9H12FNO/c1-2-8-5-9(7-11-6-8)12-4-3-10/h5-7H,2-4H2,1H3. The van der Waals surface area contributed by atoms with Gasteiger partial charge in [-0.25, -0.2) is 4.39 Å². The summed E-state index contributed by atoms with van der Waals surface area (Å²) in [5, 5.41) is 0. The lowest BCUT2D eigenvalue weighted by Crippen LogP contribution is -1.99. The second-order valence-corrected chi connectivity index (χ2v) is 2.42. The largest absolute Gasteiger partial charge is 0.489 e. The Morgan fingerprint density at radius 1 is 1.50 bits per heavy atom. The molecule has 1 rings (SSSR count). The average molecular weight is 169 g/mol. The molecule has 0 bridgehead atoms. The molecule has 0 saturated carbocycles. The fraction of sp³-hybridized carbons (Fsp3) is 0.444. The minimum atomic E-state index is -0.462. The number of nitrogens with zero attached hydrogens (tertiary/aromatic N) is 1. The molecule has 0 unspecified atom stereocenters. The highest BCUT2D eigenvalue weighted by Crippen LogP contribution is 2.10. The molecule has 0 aliphatic carbocycles. The van der Waals surface area contributed by atoms with Crippen LogP contribution >= 0.6 is 0 Å². The first-order chi connectivity index (χ1) is 5.86. The molecule has 0 atom stereocenters. The van der Waals surface area contributed by atoms with E-state index in [0.29, 0.717) is 5.75 Å². The quantitative estimate of drug-likeness (QED) is 0.687. The van der Waals surface area contributed by atoms with Crippen molar-refractivity contribution in [3.8, 4) is 5.75 Å². The maximum Gasteiger partial charge on any atom is 0.137 e. The predicted octanol–water partition coefficient (Wildman–Crippen LogP) is 1.99. The zero-order valence-corrected chi connectivity index (χ0v) is 7.09. The maximum absolute atomic E-state index is 11.7. The van der Waals surface area contributed by atoms with Gasteiger partial charge in [-0.15, -0.1) is 0 Å². The number of ether oxygens (including phenoxy) is 1. The Balaban J connectivity index is 2.60. The second kappa shape index (κ2) is 4.70. The summed E-state index contributed by atoms with van der Waals surface area (Å²) in [7, 11) is 0. The fourth-order valence-corrected chi connectivity index (χ4v) is 0.892. The molecule has 0 N–H and O–H groups in total. The van der Waals surface area contributed by atoms with Crippen molar-refractivity contribution in [1.29, 1.82) is 0 Å². The van der Waals surface area contributed by atoms with Gasteiger partial charge in [0.2, 0.25) is 0 Å². The van der Waals surface area contributed by atoms with Crippen LogP contribution in [0.3, 0.4) is 0 Å². The van der Waals surface area contributed by atoms with E-state index in [-0.39, 0.29) is 6.61 Å². The van der Waals surface area contributed by atoms with Crippen molar-refractivity contribution in [3.63, 3.8) is 0 Å². The number of rotatable bonds is 4. The van der Waals surface area contributed by atoms with Crippen molar-refractivity contribution in [2.24, 2.45) is 0 Å². The Morgan fingerprint density at radius 2 is 2.33 bits per heavy atom. The highest BCUT2D eigenvalue weighted by Gasteiger charge is 1.95. The van der Waals surface area contributed by atoms with Crippen LogP contribution in [0.5, 0.6) is 5.75 Å². The first-order valence-electron chi connectivity index (χ1n) is 3.99. The Labute approximate surface area is 71.4 Å². The summed E-state index contributed by atoms with van der Waals surface area (Å²) in [6.07, 6.45) is 4.29. The zero-order chi connectivity index (χ0) is 8.81. The highest BCUT2D eigenvalue weighted by atomic mass is 19.1. The topological polar surface area (TPSA) is 22.1 Å². The van der Waals surface area contributed by atoms with Gasteiger partial charge in [-0.2, -0.15) is 0 Å². The van der Waals surface area contributed by atoms with E-state index in [1.807, 2.05) is 13.0 Å². The van der Waals surface area contributed by atoms with E-state index in [2.05, 4.69) is 4.98 Å². The molecular weight excluding hydrogens is 157 g/mol. The van der Waals surface area contributed by atoms with Gasteiger partial charge in [0, 0.05) is 6.20 Å². The van der Waals surface area contributed by atoms with Crippen LogP contribution in [0.2, 0.25) is 0 Å². The number of pyridine rings is 1. The minimum Gasteiger partial charge on any atom is -0.489 e. The molecule has 3 heteroatoms. The smallest absolute Gasteiger partial charge is 0.137 e. The fourth-order valence-electron chi connectivity index (χ4n) is 0.892. The van der Waals surface area contributed by atoms with E-state index in [1.165, 1.54) is 0 Å². The normalized spacial score (nSPS) is 9.83. The van der Waals surface area contributed by atoms with Gasteiger partial charge >= 0.3 is 0 Å². The Bertz CT molecular complexity index is 240. The van der Waals surface area contributed by atoms with Crippen LogP contribution in [-0.2, 0) is 6.42 Å². The van der Waals surface area contributed by atoms with E-state index in [1.54, 1.807) is 12.4 Å². The van der Waals surface area contributed by atoms with Gasteiger partial charge < -0.3 is 4.74 Å². The Morgan fingerprint density at radius 3 is 3.00 bits per heavy atom. The molecule has 0 saturated heterocycles. The van der Waals surface area contributed by atoms with Gasteiger partial charge in [0.25, 0.3) is 0 Å². The summed E-state index contributed by atoms with van der Waals surface area (Å²) >= 11 is 0. The molecule has 1 aromatic rings. The van der Waals surface area contributed by atoms with Gasteiger partial charge in [-0.05, 0) is 18.1 Å². The third-order valence-electron chi connectivity index (χ3n) is 1.52. The van der Waals surface area contributed by atoms with Crippen LogP contribution in [0, 0.1) is 0 Å². The summed E-state index contributed by atoms with van der Waals surface area (Å²) in [5.41, 5.74) is 1.10. The molecule has 12 heavy (non-hydrogen) atoms. The van der Waals surface area contributed by atoms with Crippen LogP contribution in [0.1, 0.15) is 12.5 Å². The molecule has 0 amide bonds. The zero-order valence-electron chi connectivity index (χ0n) is 7.09. The summed E-state index contributed by atoms with van der Waals surface area (Å²) in [6.45, 7) is 1.68. The third-order valence-corrected chi connectivity index (χ3v) is 1.52. The summed E-state index contributed by atoms with van der Waals surface area (Å²) in [5.74, 6) is 0.645. The lowest BCUT2D eigenvalue weighted by atomic mass is 10.2. The number of aromatic nitrogens is 1. The van der Waals surface area contributed by atoms with Crippen molar-refractivity contribution in [1.82, 2.24) is 4.98 Å². The van der Waals surface area contributed by atoms with Crippen molar-refractivity contribution < 1.29 is 9.13 Å². The van der Waals surface area contributed by atoms with Crippen molar-refractivity contribution >= 4 is 0 Å². The number of alkyl halides is 1. The van der Waals surface area contributed by atoms with Crippen LogP contribution in [0.15, 0.2) is 18.5 Å². The van der Waals surface area contributed by atoms with Crippen molar-refractivity contribution in [2.45, 2.75) is 13.3 Å². The van der Waals surface area contributed by atoms with Crippen molar-refractivity contribution in [3.05, 3.63) is 24.0 Å². The van der Waals surface area contributed by atoms with Gasteiger partial charge in [0.1, 0.15) is 19.0 Å². The van der Waals surface area contributed by atoms with Gasteiger partial charge in [0.15, 0.2) is 0 Å². The van der Waals surface area contributed by atoms with E-state index in [0.717, 1.165) is 12.0 Å².